The van der Waals surface area contributed by atoms with Crippen LogP contribution in [0.2, 0.25) is 0 Å². The fraction of sp³-hybridized carbons (Fsp3) is 0.500. The maximum atomic E-state index is 10.6. The average molecular weight is 236 g/mol. The van der Waals surface area contributed by atoms with E-state index in [2.05, 4.69) is 16.9 Å². The maximum absolute atomic E-state index is 10.6. The zero-order valence-corrected chi connectivity index (χ0v) is 9.80. The summed E-state index contributed by atoms with van der Waals surface area (Å²) in [6, 6.07) is 3.54. The molecular weight excluding hydrogens is 220 g/mol. The van der Waals surface area contributed by atoms with Crippen LogP contribution in [-0.2, 0) is 0 Å². The van der Waals surface area contributed by atoms with Gasteiger partial charge >= 0.3 is 5.97 Å². The van der Waals surface area contributed by atoms with Crippen molar-refractivity contribution >= 4 is 5.97 Å². The normalized spacial score (nSPS) is 20.4. The lowest BCUT2D eigenvalue weighted by atomic mass is 10.2. The third-order valence-corrected chi connectivity index (χ3v) is 3.08. The highest BCUT2D eigenvalue weighted by Crippen LogP contribution is 2.16. The summed E-state index contributed by atoms with van der Waals surface area (Å²) in [5.74, 6) is -0.491. The lowest BCUT2D eigenvalue weighted by Gasteiger charge is -2.19. The summed E-state index contributed by atoms with van der Waals surface area (Å²) in [5, 5.41) is 8.73. The molecule has 1 aliphatic rings. The van der Waals surface area contributed by atoms with Gasteiger partial charge in [0.25, 0.3) is 0 Å². The van der Waals surface area contributed by atoms with Gasteiger partial charge in [-0.1, -0.05) is 0 Å². The van der Waals surface area contributed by atoms with Crippen LogP contribution in [0.15, 0.2) is 18.3 Å². The first-order valence-electron chi connectivity index (χ1n) is 5.69. The van der Waals surface area contributed by atoms with Crippen LogP contribution in [0.1, 0.15) is 23.2 Å². The number of hydrogen-bond donors (Lipinski definition) is 1. The quantitative estimate of drug-likeness (QED) is 0.852. The Balaban J connectivity index is 1.88. The van der Waals surface area contributed by atoms with E-state index in [0.29, 0.717) is 18.5 Å². The molecule has 1 aliphatic heterocycles. The zero-order valence-electron chi connectivity index (χ0n) is 9.80. The molecular formula is C12H16N2O3. The van der Waals surface area contributed by atoms with Gasteiger partial charge in [0.05, 0.1) is 5.56 Å². The van der Waals surface area contributed by atoms with Crippen LogP contribution in [0.5, 0.6) is 5.88 Å². The van der Waals surface area contributed by atoms with Gasteiger partial charge in [-0.2, -0.15) is 0 Å². The Kier molecular flexibility index (Phi) is 3.58. The number of rotatable bonds is 4. The molecule has 0 aliphatic carbocycles. The van der Waals surface area contributed by atoms with E-state index in [1.165, 1.54) is 18.7 Å². The minimum atomic E-state index is -0.973. The van der Waals surface area contributed by atoms with Gasteiger partial charge in [0.15, 0.2) is 0 Å². The maximum Gasteiger partial charge on any atom is 0.337 e. The zero-order chi connectivity index (χ0) is 12.3. The summed E-state index contributed by atoms with van der Waals surface area (Å²) < 4.78 is 5.55. The smallest absolute Gasteiger partial charge is 0.337 e. The fourth-order valence-corrected chi connectivity index (χ4v) is 1.96. The summed E-state index contributed by atoms with van der Waals surface area (Å²) >= 11 is 0. The fourth-order valence-electron chi connectivity index (χ4n) is 1.96. The summed E-state index contributed by atoms with van der Waals surface area (Å²) in [4.78, 5) is 16.9. The van der Waals surface area contributed by atoms with Crippen molar-refractivity contribution in [3.8, 4) is 5.88 Å². The Morgan fingerprint density at radius 1 is 1.65 bits per heavy atom. The Bertz CT molecular complexity index is 391. The largest absolute Gasteiger partial charge is 0.478 e. The van der Waals surface area contributed by atoms with E-state index in [9.17, 15) is 4.79 Å². The minimum Gasteiger partial charge on any atom is -0.478 e. The number of nitrogens with zero attached hydrogens (tertiary/aromatic N) is 2. The van der Waals surface area contributed by atoms with Gasteiger partial charge in [0, 0.05) is 18.3 Å². The van der Waals surface area contributed by atoms with Gasteiger partial charge in [0.2, 0.25) is 5.88 Å². The lowest BCUT2D eigenvalue weighted by Crippen LogP contribution is -2.30. The molecule has 2 rings (SSSR count). The van der Waals surface area contributed by atoms with Crippen LogP contribution in [0.3, 0.4) is 0 Å². The predicted molar refractivity (Wildman–Crippen MR) is 62.3 cm³/mol. The van der Waals surface area contributed by atoms with Crippen molar-refractivity contribution in [2.24, 2.45) is 0 Å². The van der Waals surface area contributed by atoms with Crippen molar-refractivity contribution in [3.05, 3.63) is 23.9 Å². The molecule has 0 spiro atoms. The number of aromatic carboxylic acids is 1. The molecule has 0 aromatic carbocycles. The number of ether oxygens (including phenoxy) is 1. The minimum absolute atomic E-state index is 0.176. The first-order valence-corrected chi connectivity index (χ1v) is 5.69. The number of carboxylic acids is 1. The number of carboxylic acid groups (broad SMARTS) is 1. The standard InChI is InChI=1S/C12H16N2O3/c1-14-6-2-3-10(14)8-17-11-5-4-9(7-13-11)12(15)16/h4-5,7,10H,2-3,6,8H2,1H3,(H,15,16)/t10-/m0/s1. The molecule has 0 saturated carbocycles. The van der Waals surface area contributed by atoms with Crippen LogP contribution in [0.4, 0.5) is 0 Å². The van der Waals surface area contributed by atoms with Gasteiger partial charge in [-0.3, -0.25) is 0 Å². The van der Waals surface area contributed by atoms with Crippen LogP contribution >= 0.6 is 0 Å². The lowest BCUT2D eigenvalue weighted by molar-refractivity contribution is 0.0696. The molecule has 0 unspecified atom stereocenters. The second kappa shape index (κ2) is 5.14. The van der Waals surface area contributed by atoms with Crippen molar-refractivity contribution in [2.75, 3.05) is 20.2 Å². The highest BCUT2D eigenvalue weighted by Gasteiger charge is 2.21. The number of aromatic nitrogens is 1. The number of carbonyl (C=O) groups is 1. The van der Waals surface area contributed by atoms with E-state index in [-0.39, 0.29) is 5.56 Å². The molecule has 1 aromatic rings. The first kappa shape index (κ1) is 11.9. The third-order valence-electron chi connectivity index (χ3n) is 3.08. The molecule has 2 heterocycles. The molecule has 1 aromatic heterocycles. The molecule has 17 heavy (non-hydrogen) atoms. The highest BCUT2D eigenvalue weighted by atomic mass is 16.5. The number of pyridine rings is 1. The Morgan fingerprint density at radius 2 is 2.47 bits per heavy atom. The van der Waals surface area contributed by atoms with Crippen molar-refractivity contribution in [1.29, 1.82) is 0 Å². The molecule has 5 nitrogen and oxygen atoms in total. The summed E-state index contributed by atoms with van der Waals surface area (Å²) in [7, 11) is 2.09. The molecule has 1 saturated heterocycles. The van der Waals surface area contributed by atoms with E-state index in [1.54, 1.807) is 6.07 Å². The Morgan fingerprint density at radius 3 is 3.00 bits per heavy atom. The average Bonchev–Trinajstić information content (AvgIpc) is 2.73. The Labute approximate surface area is 100 Å². The highest BCUT2D eigenvalue weighted by molar-refractivity contribution is 5.87. The van der Waals surface area contributed by atoms with E-state index < -0.39 is 5.97 Å². The molecule has 0 amide bonds. The topological polar surface area (TPSA) is 62.7 Å². The first-order chi connectivity index (χ1) is 8.16. The second-order valence-corrected chi connectivity index (χ2v) is 4.28. The third kappa shape index (κ3) is 2.94. The van der Waals surface area contributed by atoms with Crippen molar-refractivity contribution in [3.63, 3.8) is 0 Å². The molecule has 0 bridgehead atoms. The van der Waals surface area contributed by atoms with Gasteiger partial charge in [-0.15, -0.1) is 0 Å². The SMILES string of the molecule is CN1CCC[C@H]1COc1ccc(C(=O)O)cn1. The van der Waals surface area contributed by atoms with E-state index >= 15 is 0 Å². The van der Waals surface area contributed by atoms with Crippen molar-refractivity contribution < 1.29 is 14.6 Å². The van der Waals surface area contributed by atoms with Gasteiger partial charge in [-0.05, 0) is 32.5 Å². The molecule has 92 valence electrons. The molecule has 1 fully saturated rings. The molecule has 0 radical (unpaired) electrons. The monoisotopic (exact) mass is 236 g/mol. The van der Waals surface area contributed by atoms with Crippen LogP contribution in [0.25, 0.3) is 0 Å². The molecule has 5 heteroatoms. The van der Waals surface area contributed by atoms with Gasteiger partial charge in [0.1, 0.15) is 6.61 Å². The summed E-state index contributed by atoms with van der Waals surface area (Å²) in [6.45, 7) is 1.72. The van der Waals surface area contributed by atoms with Crippen LogP contribution in [0, 0.1) is 0 Å². The molecule has 1 atom stereocenters. The van der Waals surface area contributed by atoms with Crippen molar-refractivity contribution in [1.82, 2.24) is 9.88 Å². The van der Waals surface area contributed by atoms with E-state index in [1.807, 2.05) is 0 Å². The summed E-state index contributed by atoms with van der Waals surface area (Å²) in [5.41, 5.74) is 0.176. The second-order valence-electron chi connectivity index (χ2n) is 4.28. The van der Waals surface area contributed by atoms with Gasteiger partial charge < -0.3 is 14.7 Å². The van der Waals surface area contributed by atoms with E-state index in [0.717, 1.165) is 13.0 Å². The number of hydrogen-bond acceptors (Lipinski definition) is 4. The van der Waals surface area contributed by atoms with E-state index in [4.69, 9.17) is 9.84 Å². The van der Waals surface area contributed by atoms with Gasteiger partial charge in [-0.25, -0.2) is 9.78 Å². The van der Waals surface area contributed by atoms with Crippen LogP contribution in [-0.4, -0.2) is 47.2 Å². The summed E-state index contributed by atoms with van der Waals surface area (Å²) in [6.07, 6.45) is 3.66. The number of likely N-dealkylation sites (N-methyl/N-ethyl adjacent to an activating group) is 1. The number of likely N-dealkylation sites (tertiary alicyclic amines) is 1. The van der Waals surface area contributed by atoms with Crippen molar-refractivity contribution in [2.45, 2.75) is 18.9 Å². The molecule has 1 N–H and O–H groups in total. The Hall–Kier alpha value is -1.62. The predicted octanol–water partition coefficient (Wildman–Crippen LogP) is 1.25. The van der Waals surface area contributed by atoms with Crippen LogP contribution < -0.4 is 4.74 Å².